The van der Waals surface area contributed by atoms with E-state index in [-0.39, 0.29) is 24.9 Å². The van der Waals surface area contributed by atoms with Crippen molar-refractivity contribution in [1.29, 1.82) is 0 Å². The van der Waals surface area contributed by atoms with Gasteiger partial charge >= 0.3 is 0 Å². The molecule has 1 saturated heterocycles. The molecule has 24 heavy (non-hydrogen) atoms. The highest BCUT2D eigenvalue weighted by molar-refractivity contribution is 6.13. The Balaban J connectivity index is 1.96. The number of nitrogens with zero attached hydrogens (tertiary/aromatic N) is 2. The van der Waals surface area contributed by atoms with Gasteiger partial charge in [-0.15, -0.1) is 0 Å². The van der Waals surface area contributed by atoms with Gasteiger partial charge < -0.3 is 9.80 Å². The predicted octanol–water partition coefficient (Wildman–Crippen LogP) is 3.30. The number of benzene rings is 2. The topological polar surface area (TPSA) is 40.6 Å². The third kappa shape index (κ3) is 2.68. The summed E-state index contributed by atoms with van der Waals surface area (Å²) in [5.41, 5.74) is 5.76. The molecular weight excluding hydrogens is 300 g/mol. The molecule has 0 atom stereocenters. The first-order chi connectivity index (χ1) is 11.4. The van der Waals surface area contributed by atoms with E-state index in [0.717, 1.165) is 33.6 Å². The van der Waals surface area contributed by atoms with E-state index in [9.17, 15) is 9.59 Å². The summed E-state index contributed by atoms with van der Waals surface area (Å²) in [5.74, 6) is -0.0932. The molecule has 1 aliphatic heterocycles. The van der Waals surface area contributed by atoms with Crippen LogP contribution in [0.15, 0.2) is 36.4 Å². The maximum absolute atomic E-state index is 12.8. The summed E-state index contributed by atoms with van der Waals surface area (Å²) in [6, 6.07) is 11.8. The SMILES string of the molecule is Cc1cccc(C)c1N1CC(=O)N(c2c(C)cccc2C)CC1=O. The van der Waals surface area contributed by atoms with Crippen molar-refractivity contribution in [2.24, 2.45) is 0 Å². The maximum atomic E-state index is 12.8. The van der Waals surface area contributed by atoms with Crippen LogP contribution in [0, 0.1) is 27.7 Å². The summed E-state index contributed by atoms with van der Waals surface area (Å²) in [7, 11) is 0. The third-order valence-electron chi connectivity index (χ3n) is 4.61. The molecule has 0 saturated carbocycles. The van der Waals surface area contributed by atoms with E-state index in [1.807, 2.05) is 64.1 Å². The summed E-state index contributed by atoms with van der Waals surface area (Å²) in [4.78, 5) is 28.8. The number of hydrogen-bond acceptors (Lipinski definition) is 2. The van der Waals surface area contributed by atoms with Crippen molar-refractivity contribution in [2.75, 3.05) is 22.9 Å². The number of carbonyl (C=O) groups is 2. The normalized spacial score (nSPS) is 15.2. The van der Waals surface area contributed by atoms with Crippen molar-refractivity contribution < 1.29 is 9.59 Å². The van der Waals surface area contributed by atoms with Crippen LogP contribution in [0.2, 0.25) is 0 Å². The molecule has 1 aliphatic rings. The van der Waals surface area contributed by atoms with Crippen LogP contribution in [0.5, 0.6) is 0 Å². The van der Waals surface area contributed by atoms with Crippen LogP contribution in [0.25, 0.3) is 0 Å². The molecule has 2 aromatic carbocycles. The minimum atomic E-state index is -0.0466. The molecule has 0 radical (unpaired) electrons. The molecule has 1 fully saturated rings. The van der Waals surface area contributed by atoms with Crippen molar-refractivity contribution in [3.05, 3.63) is 58.7 Å². The van der Waals surface area contributed by atoms with Crippen molar-refractivity contribution in [1.82, 2.24) is 0 Å². The molecule has 0 unspecified atom stereocenters. The van der Waals surface area contributed by atoms with Crippen LogP contribution in [-0.4, -0.2) is 24.9 Å². The average molecular weight is 322 g/mol. The number of aryl methyl sites for hydroxylation is 4. The van der Waals surface area contributed by atoms with E-state index in [1.165, 1.54) is 0 Å². The van der Waals surface area contributed by atoms with E-state index >= 15 is 0 Å². The number of amides is 2. The second-order valence-electron chi connectivity index (χ2n) is 6.44. The van der Waals surface area contributed by atoms with Crippen LogP contribution in [0.1, 0.15) is 22.3 Å². The third-order valence-corrected chi connectivity index (χ3v) is 4.61. The van der Waals surface area contributed by atoms with E-state index in [2.05, 4.69) is 0 Å². The Morgan fingerprint density at radius 1 is 0.625 bits per heavy atom. The Hall–Kier alpha value is -2.62. The van der Waals surface area contributed by atoms with Gasteiger partial charge in [0.05, 0.1) is 11.4 Å². The van der Waals surface area contributed by atoms with Crippen LogP contribution >= 0.6 is 0 Å². The molecule has 0 aliphatic carbocycles. The fourth-order valence-electron chi connectivity index (χ4n) is 3.49. The standard InChI is InChI=1S/C20H22N2O2/c1-13-7-5-8-14(2)19(13)21-11-18(24)22(12-17(21)23)20-15(3)9-6-10-16(20)4/h5-10H,11-12H2,1-4H3. The highest BCUT2D eigenvalue weighted by Gasteiger charge is 2.34. The summed E-state index contributed by atoms with van der Waals surface area (Å²) < 4.78 is 0. The Labute approximate surface area is 142 Å². The quantitative estimate of drug-likeness (QED) is 0.851. The Bertz CT molecular complexity index is 716. The average Bonchev–Trinajstić information content (AvgIpc) is 2.51. The summed E-state index contributed by atoms with van der Waals surface area (Å²) in [6.45, 7) is 8.04. The molecule has 1 heterocycles. The Kier molecular flexibility index (Phi) is 4.14. The van der Waals surface area contributed by atoms with Crippen LogP contribution in [0.3, 0.4) is 0 Å². The fraction of sp³-hybridized carbons (Fsp3) is 0.300. The highest BCUT2D eigenvalue weighted by Crippen LogP contribution is 2.30. The largest absolute Gasteiger partial charge is 0.301 e. The van der Waals surface area contributed by atoms with Gasteiger partial charge in [-0.25, -0.2) is 0 Å². The van der Waals surface area contributed by atoms with E-state index in [1.54, 1.807) is 9.80 Å². The second-order valence-corrected chi connectivity index (χ2v) is 6.44. The van der Waals surface area contributed by atoms with E-state index < -0.39 is 0 Å². The monoisotopic (exact) mass is 322 g/mol. The number of para-hydroxylation sites is 2. The molecule has 124 valence electrons. The van der Waals surface area contributed by atoms with Gasteiger partial charge in [-0.2, -0.15) is 0 Å². The number of anilines is 2. The summed E-state index contributed by atoms with van der Waals surface area (Å²) >= 11 is 0. The van der Waals surface area contributed by atoms with Gasteiger partial charge in [0, 0.05) is 0 Å². The van der Waals surface area contributed by atoms with Gasteiger partial charge in [0.2, 0.25) is 11.8 Å². The van der Waals surface area contributed by atoms with Crippen molar-refractivity contribution >= 4 is 23.2 Å². The number of hydrogen-bond donors (Lipinski definition) is 0. The molecular formula is C20H22N2O2. The van der Waals surface area contributed by atoms with Gasteiger partial charge in [0.1, 0.15) is 13.1 Å². The lowest BCUT2D eigenvalue weighted by Crippen LogP contribution is -2.55. The zero-order chi connectivity index (χ0) is 17.4. The molecule has 4 heteroatoms. The van der Waals surface area contributed by atoms with Gasteiger partial charge in [-0.1, -0.05) is 36.4 Å². The molecule has 3 rings (SSSR count). The number of piperazine rings is 1. The second kappa shape index (κ2) is 6.11. The van der Waals surface area contributed by atoms with Crippen molar-refractivity contribution in [3.63, 3.8) is 0 Å². The zero-order valence-electron chi connectivity index (χ0n) is 14.6. The van der Waals surface area contributed by atoms with Crippen LogP contribution in [0.4, 0.5) is 11.4 Å². The fourth-order valence-corrected chi connectivity index (χ4v) is 3.49. The zero-order valence-corrected chi connectivity index (χ0v) is 14.6. The Morgan fingerprint density at radius 2 is 0.917 bits per heavy atom. The first-order valence-electron chi connectivity index (χ1n) is 8.13. The summed E-state index contributed by atoms with van der Waals surface area (Å²) in [5, 5.41) is 0. The minimum Gasteiger partial charge on any atom is -0.301 e. The minimum absolute atomic E-state index is 0.0466. The smallest absolute Gasteiger partial charge is 0.247 e. The summed E-state index contributed by atoms with van der Waals surface area (Å²) in [6.07, 6.45) is 0. The molecule has 0 N–H and O–H groups in total. The predicted molar refractivity (Wildman–Crippen MR) is 96.5 cm³/mol. The van der Waals surface area contributed by atoms with Gasteiger partial charge in [-0.05, 0) is 49.9 Å². The molecule has 0 bridgehead atoms. The Morgan fingerprint density at radius 3 is 1.21 bits per heavy atom. The first-order valence-corrected chi connectivity index (χ1v) is 8.13. The molecule has 4 nitrogen and oxygen atoms in total. The van der Waals surface area contributed by atoms with E-state index in [4.69, 9.17) is 0 Å². The lowest BCUT2D eigenvalue weighted by atomic mass is 10.0. The number of rotatable bonds is 2. The van der Waals surface area contributed by atoms with Gasteiger partial charge in [0.15, 0.2) is 0 Å². The van der Waals surface area contributed by atoms with Gasteiger partial charge in [0.25, 0.3) is 0 Å². The lowest BCUT2D eigenvalue weighted by molar-refractivity contribution is -0.125. The van der Waals surface area contributed by atoms with Gasteiger partial charge in [-0.3, -0.25) is 9.59 Å². The highest BCUT2D eigenvalue weighted by atomic mass is 16.2. The van der Waals surface area contributed by atoms with Crippen LogP contribution < -0.4 is 9.80 Å². The lowest BCUT2D eigenvalue weighted by Gasteiger charge is -2.36. The number of carbonyl (C=O) groups excluding carboxylic acids is 2. The molecule has 0 aromatic heterocycles. The van der Waals surface area contributed by atoms with Crippen molar-refractivity contribution in [3.8, 4) is 0 Å². The van der Waals surface area contributed by atoms with E-state index in [0.29, 0.717) is 0 Å². The molecule has 2 aromatic rings. The molecule has 0 spiro atoms. The van der Waals surface area contributed by atoms with Crippen LogP contribution in [-0.2, 0) is 9.59 Å². The maximum Gasteiger partial charge on any atom is 0.247 e. The van der Waals surface area contributed by atoms with Crippen molar-refractivity contribution in [2.45, 2.75) is 27.7 Å². The first kappa shape index (κ1) is 16.2. The molecule has 2 amide bonds.